The molecule has 138 valence electrons. The number of carbonyl (C=O) groups is 2. The van der Waals surface area contributed by atoms with Crippen LogP contribution in [0.4, 0.5) is 11.5 Å². The number of nitrogens with zero attached hydrogens (tertiary/aromatic N) is 2. The van der Waals surface area contributed by atoms with Crippen LogP contribution in [-0.2, 0) is 0 Å². The average molecular weight is 354 g/mol. The molecule has 2 N–H and O–H groups in total. The van der Waals surface area contributed by atoms with Crippen molar-refractivity contribution in [1.82, 2.24) is 10.3 Å². The highest BCUT2D eigenvalue weighted by Crippen LogP contribution is 2.14. The van der Waals surface area contributed by atoms with Gasteiger partial charge in [-0.05, 0) is 64.1 Å². The molecule has 2 amide bonds. The fourth-order valence-electron chi connectivity index (χ4n) is 2.51. The van der Waals surface area contributed by atoms with Gasteiger partial charge in [-0.3, -0.25) is 9.59 Å². The molecule has 2 aromatic rings. The van der Waals surface area contributed by atoms with Crippen LogP contribution >= 0.6 is 0 Å². The lowest BCUT2D eigenvalue weighted by Gasteiger charge is -2.19. The number of hydrogen-bond donors (Lipinski definition) is 2. The van der Waals surface area contributed by atoms with Crippen molar-refractivity contribution in [3.63, 3.8) is 0 Å². The first kappa shape index (κ1) is 19.4. The number of rotatable bonds is 7. The molecule has 0 aliphatic heterocycles. The molecular weight excluding hydrogens is 328 g/mol. The van der Waals surface area contributed by atoms with Crippen LogP contribution < -0.4 is 15.5 Å². The lowest BCUT2D eigenvalue weighted by atomic mass is 10.1. The van der Waals surface area contributed by atoms with Crippen molar-refractivity contribution in [2.24, 2.45) is 0 Å². The van der Waals surface area contributed by atoms with Crippen LogP contribution in [0.5, 0.6) is 0 Å². The average Bonchev–Trinajstić information content (AvgIpc) is 2.63. The zero-order valence-corrected chi connectivity index (χ0v) is 15.7. The normalized spacial score (nSPS) is 10.5. The summed E-state index contributed by atoms with van der Waals surface area (Å²) in [5.41, 5.74) is 1.67. The molecule has 1 aromatic carbocycles. The molecule has 0 saturated heterocycles. The van der Waals surface area contributed by atoms with Crippen molar-refractivity contribution in [3.8, 4) is 0 Å². The molecule has 0 spiro atoms. The molecule has 0 saturated carbocycles. The quantitative estimate of drug-likeness (QED) is 0.800. The van der Waals surface area contributed by atoms with E-state index >= 15 is 0 Å². The predicted octanol–water partition coefficient (Wildman–Crippen LogP) is 3.32. The zero-order valence-electron chi connectivity index (χ0n) is 15.7. The first-order chi connectivity index (χ1) is 12.4. The summed E-state index contributed by atoms with van der Waals surface area (Å²) in [7, 11) is 0. The van der Waals surface area contributed by atoms with E-state index in [1.54, 1.807) is 36.5 Å². The third-order valence-electron chi connectivity index (χ3n) is 3.92. The standard InChI is InChI=1S/C20H26N4O2/c1-5-24(6-2)18-12-9-16(13-21-18)20(26)23-17-10-7-15(8-11-17)19(25)22-14(3)4/h7-14H,5-6H2,1-4H3,(H,22,25)(H,23,26). The number of pyridine rings is 1. The topological polar surface area (TPSA) is 74.3 Å². The third-order valence-corrected chi connectivity index (χ3v) is 3.92. The van der Waals surface area contributed by atoms with Crippen LogP contribution in [0.15, 0.2) is 42.6 Å². The van der Waals surface area contributed by atoms with E-state index in [9.17, 15) is 9.59 Å². The molecule has 0 unspecified atom stereocenters. The Morgan fingerprint density at radius 1 is 0.962 bits per heavy atom. The number of nitrogens with one attached hydrogen (secondary N) is 2. The Bertz CT molecular complexity index is 735. The van der Waals surface area contributed by atoms with Gasteiger partial charge in [0.1, 0.15) is 5.82 Å². The van der Waals surface area contributed by atoms with Gasteiger partial charge in [-0.25, -0.2) is 4.98 Å². The molecule has 6 heteroatoms. The molecule has 0 atom stereocenters. The summed E-state index contributed by atoms with van der Waals surface area (Å²) < 4.78 is 0. The number of benzene rings is 1. The van der Waals surface area contributed by atoms with Gasteiger partial charge in [0.05, 0.1) is 5.56 Å². The SMILES string of the molecule is CCN(CC)c1ccc(C(=O)Nc2ccc(C(=O)NC(C)C)cc2)cn1. The lowest BCUT2D eigenvalue weighted by Crippen LogP contribution is -2.30. The van der Waals surface area contributed by atoms with Gasteiger partial charge in [0.25, 0.3) is 11.8 Å². The molecule has 1 heterocycles. The van der Waals surface area contributed by atoms with E-state index < -0.39 is 0 Å². The third kappa shape index (κ3) is 5.05. The summed E-state index contributed by atoms with van der Waals surface area (Å²) in [5.74, 6) is 0.490. The lowest BCUT2D eigenvalue weighted by molar-refractivity contribution is 0.0942. The van der Waals surface area contributed by atoms with Gasteiger partial charge in [0, 0.05) is 36.6 Å². The Kier molecular flexibility index (Phi) is 6.72. The van der Waals surface area contributed by atoms with Crippen LogP contribution in [0.3, 0.4) is 0 Å². The fourth-order valence-corrected chi connectivity index (χ4v) is 2.51. The van der Waals surface area contributed by atoms with Crippen molar-refractivity contribution < 1.29 is 9.59 Å². The van der Waals surface area contributed by atoms with E-state index in [0.29, 0.717) is 16.8 Å². The first-order valence-corrected chi connectivity index (χ1v) is 8.87. The van der Waals surface area contributed by atoms with Gasteiger partial charge < -0.3 is 15.5 Å². The van der Waals surface area contributed by atoms with E-state index in [-0.39, 0.29) is 17.9 Å². The van der Waals surface area contributed by atoms with Crippen molar-refractivity contribution in [2.75, 3.05) is 23.3 Å². The number of amides is 2. The van der Waals surface area contributed by atoms with Gasteiger partial charge in [-0.2, -0.15) is 0 Å². The maximum atomic E-state index is 12.4. The Balaban J connectivity index is 2.02. The largest absolute Gasteiger partial charge is 0.357 e. The Labute approximate surface area is 154 Å². The molecule has 0 bridgehead atoms. The van der Waals surface area contributed by atoms with E-state index in [1.807, 2.05) is 19.9 Å². The molecule has 6 nitrogen and oxygen atoms in total. The van der Waals surface area contributed by atoms with Gasteiger partial charge in [-0.15, -0.1) is 0 Å². The summed E-state index contributed by atoms with van der Waals surface area (Å²) in [4.78, 5) is 30.8. The minimum absolute atomic E-state index is 0.0775. The zero-order chi connectivity index (χ0) is 19.1. The maximum Gasteiger partial charge on any atom is 0.257 e. The highest BCUT2D eigenvalue weighted by Gasteiger charge is 2.10. The first-order valence-electron chi connectivity index (χ1n) is 8.87. The van der Waals surface area contributed by atoms with Crippen molar-refractivity contribution in [3.05, 3.63) is 53.7 Å². The molecule has 2 rings (SSSR count). The number of anilines is 2. The molecular formula is C20H26N4O2. The fraction of sp³-hybridized carbons (Fsp3) is 0.350. The Hall–Kier alpha value is -2.89. The minimum atomic E-state index is -0.233. The molecule has 0 fully saturated rings. The van der Waals surface area contributed by atoms with Gasteiger partial charge >= 0.3 is 0 Å². The van der Waals surface area contributed by atoms with E-state index in [4.69, 9.17) is 0 Å². The van der Waals surface area contributed by atoms with Gasteiger partial charge in [-0.1, -0.05) is 0 Å². The van der Waals surface area contributed by atoms with Crippen molar-refractivity contribution in [2.45, 2.75) is 33.7 Å². The van der Waals surface area contributed by atoms with Crippen LogP contribution in [0.25, 0.3) is 0 Å². The Morgan fingerprint density at radius 2 is 1.58 bits per heavy atom. The second kappa shape index (κ2) is 8.99. The summed E-state index contributed by atoms with van der Waals surface area (Å²) in [6.45, 7) is 9.68. The summed E-state index contributed by atoms with van der Waals surface area (Å²) in [6.07, 6.45) is 1.58. The van der Waals surface area contributed by atoms with E-state index in [0.717, 1.165) is 18.9 Å². The number of carbonyl (C=O) groups excluding carboxylic acids is 2. The predicted molar refractivity (Wildman–Crippen MR) is 105 cm³/mol. The molecule has 0 aliphatic rings. The number of hydrogen-bond acceptors (Lipinski definition) is 4. The smallest absolute Gasteiger partial charge is 0.257 e. The minimum Gasteiger partial charge on any atom is -0.357 e. The maximum absolute atomic E-state index is 12.4. The second-order valence-corrected chi connectivity index (χ2v) is 6.24. The second-order valence-electron chi connectivity index (χ2n) is 6.24. The molecule has 26 heavy (non-hydrogen) atoms. The van der Waals surface area contributed by atoms with Gasteiger partial charge in [0.15, 0.2) is 0 Å². The van der Waals surface area contributed by atoms with Crippen LogP contribution in [0.1, 0.15) is 48.4 Å². The summed E-state index contributed by atoms with van der Waals surface area (Å²) >= 11 is 0. The summed E-state index contributed by atoms with van der Waals surface area (Å²) in [5, 5.41) is 5.65. The van der Waals surface area contributed by atoms with Crippen LogP contribution in [0.2, 0.25) is 0 Å². The van der Waals surface area contributed by atoms with Crippen LogP contribution in [-0.4, -0.2) is 35.9 Å². The Morgan fingerprint density at radius 3 is 2.08 bits per heavy atom. The van der Waals surface area contributed by atoms with Crippen molar-refractivity contribution >= 4 is 23.3 Å². The molecule has 1 aromatic heterocycles. The monoisotopic (exact) mass is 354 g/mol. The highest BCUT2D eigenvalue weighted by molar-refractivity contribution is 6.04. The van der Waals surface area contributed by atoms with Crippen LogP contribution in [0, 0.1) is 0 Å². The van der Waals surface area contributed by atoms with Gasteiger partial charge in [0.2, 0.25) is 0 Å². The molecule has 0 aliphatic carbocycles. The van der Waals surface area contributed by atoms with E-state index in [2.05, 4.69) is 34.4 Å². The summed E-state index contributed by atoms with van der Waals surface area (Å²) in [6, 6.07) is 10.5. The number of aromatic nitrogens is 1. The van der Waals surface area contributed by atoms with Crippen molar-refractivity contribution in [1.29, 1.82) is 0 Å². The van der Waals surface area contributed by atoms with E-state index in [1.165, 1.54) is 0 Å². The molecule has 0 radical (unpaired) electrons. The highest BCUT2D eigenvalue weighted by atomic mass is 16.2.